The lowest BCUT2D eigenvalue weighted by atomic mass is 9.83. The summed E-state index contributed by atoms with van der Waals surface area (Å²) < 4.78 is 18.4. The molecule has 2 heterocycles. The number of rotatable bonds is 10. The fourth-order valence-electron chi connectivity index (χ4n) is 5.83. The summed E-state index contributed by atoms with van der Waals surface area (Å²) in [5, 5.41) is 22.6. The summed E-state index contributed by atoms with van der Waals surface area (Å²) in [6.07, 6.45) is -1.66. The summed E-state index contributed by atoms with van der Waals surface area (Å²) in [5.74, 6) is -0.977. The summed E-state index contributed by atoms with van der Waals surface area (Å²) in [6.45, 7) is 5.12. The van der Waals surface area contributed by atoms with Gasteiger partial charge in [0, 0.05) is 44.6 Å². The van der Waals surface area contributed by atoms with Crippen LogP contribution in [0.3, 0.4) is 0 Å². The maximum absolute atomic E-state index is 12.3. The number of ether oxygens (including phenoxy) is 3. The van der Waals surface area contributed by atoms with E-state index < -0.39 is 18.4 Å². The van der Waals surface area contributed by atoms with Gasteiger partial charge in [0.25, 0.3) is 5.91 Å². The van der Waals surface area contributed by atoms with E-state index in [4.69, 9.17) is 14.2 Å². The zero-order valence-corrected chi connectivity index (χ0v) is 24.6. The van der Waals surface area contributed by atoms with Gasteiger partial charge in [0.15, 0.2) is 12.4 Å². The van der Waals surface area contributed by atoms with Crippen molar-refractivity contribution in [3.8, 4) is 0 Å². The zero-order valence-electron chi connectivity index (χ0n) is 24.6. The highest BCUT2D eigenvalue weighted by Gasteiger charge is 2.43. The van der Waals surface area contributed by atoms with E-state index in [-0.39, 0.29) is 43.3 Å². The Morgan fingerprint density at radius 3 is 2.26 bits per heavy atom. The number of likely N-dealkylation sites (tertiary alicyclic amines) is 1. The first kappa shape index (κ1) is 30.8. The van der Waals surface area contributed by atoms with Gasteiger partial charge in [-0.2, -0.15) is 0 Å². The first-order valence-corrected chi connectivity index (χ1v) is 14.8. The Morgan fingerprint density at radius 2 is 1.63 bits per heavy atom. The Bertz CT molecular complexity index is 1350. The summed E-state index contributed by atoms with van der Waals surface area (Å²) in [5.41, 5.74) is 4.65. The van der Waals surface area contributed by atoms with Gasteiger partial charge in [-0.3, -0.25) is 14.5 Å². The third kappa shape index (κ3) is 7.87. The molecular formula is C34H40N2O7. The predicted molar refractivity (Wildman–Crippen MR) is 160 cm³/mol. The molecule has 9 heteroatoms. The van der Waals surface area contributed by atoms with Gasteiger partial charge >= 0.3 is 5.97 Å². The van der Waals surface area contributed by atoms with E-state index in [2.05, 4.69) is 22.3 Å². The van der Waals surface area contributed by atoms with Crippen LogP contribution in [-0.2, 0) is 37.0 Å². The number of amides is 1. The van der Waals surface area contributed by atoms with Crippen LogP contribution in [0, 0.1) is 0 Å². The Morgan fingerprint density at radius 1 is 0.953 bits per heavy atom. The number of hydrogen-bond acceptors (Lipinski definition) is 8. The molecule has 6 atom stereocenters. The van der Waals surface area contributed by atoms with Crippen molar-refractivity contribution in [2.75, 3.05) is 19.6 Å². The van der Waals surface area contributed by atoms with Crippen LogP contribution in [0.5, 0.6) is 0 Å². The van der Waals surface area contributed by atoms with Crippen molar-refractivity contribution in [3.63, 3.8) is 0 Å². The maximum atomic E-state index is 12.3. The summed E-state index contributed by atoms with van der Waals surface area (Å²) in [4.78, 5) is 25.7. The molecule has 5 rings (SSSR count). The highest BCUT2D eigenvalue weighted by molar-refractivity contribution is 5.82. The van der Waals surface area contributed by atoms with Crippen LogP contribution >= 0.6 is 0 Å². The second-order valence-electron chi connectivity index (χ2n) is 11.3. The quantitative estimate of drug-likeness (QED) is 0.307. The molecule has 0 radical (unpaired) electrons. The lowest BCUT2D eigenvalue weighted by Gasteiger charge is -2.44. The number of carbonyl (C=O) groups is 2. The molecule has 0 aromatic heterocycles. The van der Waals surface area contributed by atoms with E-state index in [1.165, 1.54) is 13.8 Å². The highest BCUT2D eigenvalue weighted by Crippen LogP contribution is 2.47. The van der Waals surface area contributed by atoms with E-state index in [0.29, 0.717) is 13.1 Å². The molecule has 3 N–H and O–H groups in total. The van der Waals surface area contributed by atoms with Gasteiger partial charge in [0.1, 0.15) is 0 Å². The van der Waals surface area contributed by atoms with Gasteiger partial charge < -0.3 is 29.7 Å². The van der Waals surface area contributed by atoms with Crippen molar-refractivity contribution in [3.05, 3.63) is 107 Å². The molecule has 3 aromatic carbocycles. The van der Waals surface area contributed by atoms with E-state index in [1.54, 1.807) is 0 Å². The molecule has 9 nitrogen and oxygen atoms in total. The van der Waals surface area contributed by atoms with Gasteiger partial charge in [-0.15, -0.1) is 0 Å². The molecule has 6 unspecified atom stereocenters. The van der Waals surface area contributed by atoms with Crippen LogP contribution in [0.25, 0.3) is 0 Å². The van der Waals surface area contributed by atoms with Crippen molar-refractivity contribution < 1.29 is 34.0 Å². The number of nitrogens with zero attached hydrogens (tertiary/aromatic N) is 1. The fraction of sp³-hybridized carbons (Fsp3) is 0.412. The molecule has 0 saturated carbocycles. The van der Waals surface area contributed by atoms with Gasteiger partial charge in [0.05, 0.1) is 24.9 Å². The summed E-state index contributed by atoms with van der Waals surface area (Å²) in [6, 6.07) is 25.8. The largest absolute Gasteiger partial charge is 0.453 e. The minimum Gasteiger partial charge on any atom is -0.453 e. The minimum atomic E-state index is -0.865. The lowest BCUT2D eigenvalue weighted by molar-refractivity contribution is -0.263. The van der Waals surface area contributed by atoms with Crippen LogP contribution < -0.4 is 5.32 Å². The number of β-amino-alcohol motifs (C(OH)–C–C–N with tert-alkyl or cyclic N) is 1. The van der Waals surface area contributed by atoms with E-state index >= 15 is 0 Å². The number of hydrogen-bond donors (Lipinski definition) is 3. The topological polar surface area (TPSA) is 118 Å². The second-order valence-corrected chi connectivity index (χ2v) is 11.3. The van der Waals surface area contributed by atoms with Gasteiger partial charge in [-0.25, -0.2) is 0 Å². The van der Waals surface area contributed by atoms with Crippen molar-refractivity contribution in [1.29, 1.82) is 0 Å². The number of carbonyl (C=O) groups excluding carboxylic acids is 2. The monoisotopic (exact) mass is 588 g/mol. The first-order valence-electron chi connectivity index (χ1n) is 14.8. The number of aliphatic hydroxyl groups excluding tert-OH is 2. The summed E-state index contributed by atoms with van der Waals surface area (Å²) in [7, 11) is 0. The Kier molecular flexibility index (Phi) is 10.2. The third-order valence-corrected chi connectivity index (χ3v) is 8.09. The number of esters is 1. The van der Waals surface area contributed by atoms with E-state index in [9.17, 15) is 19.8 Å². The molecule has 0 aliphatic carbocycles. The molecule has 2 saturated heterocycles. The molecule has 0 spiro atoms. The van der Waals surface area contributed by atoms with Gasteiger partial charge in [-0.05, 0) is 35.6 Å². The Labute approximate surface area is 252 Å². The number of benzene rings is 3. The van der Waals surface area contributed by atoms with E-state index in [1.807, 2.05) is 66.7 Å². The Hall–Kier alpha value is -3.60. The summed E-state index contributed by atoms with van der Waals surface area (Å²) >= 11 is 0. The molecule has 2 aliphatic rings. The normalized spacial score (nSPS) is 24.8. The smallest absolute Gasteiger partial charge is 0.303 e. The van der Waals surface area contributed by atoms with Crippen molar-refractivity contribution in [2.45, 2.75) is 70.0 Å². The maximum Gasteiger partial charge on any atom is 0.303 e. The average molecular weight is 589 g/mol. The Balaban J connectivity index is 1.40. The van der Waals surface area contributed by atoms with Crippen molar-refractivity contribution in [1.82, 2.24) is 10.2 Å². The van der Waals surface area contributed by atoms with Crippen LogP contribution in [0.15, 0.2) is 78.9 Å². The van der Waals surface area contributed by atoms with Gasteiger partial charge in [0.2, 0.25) is 0 Å². The van der Waals surface area contributed by atoms with Crippen LogP contribution in [0.4, 0.5) is 0 Å². The average Bonchev–Trinajstić information content (AvgIpc) is 3.44. The van der Waals surface area contributed by atoms with Crippen LogP contribution in [-0.4, -0.2) is 64.9 Å². The number of nitrogens with one attached hydrogen (secondary N) is 1. The lowest BCUT2D eigenvalue weighted by Crippen LogP contribution is -2.44. The standard InChI is InChI=1S/C34H40N2O7/c1-22(41-23(2)38)33(40)35-18-24-8-14-28(15-9-24)34-42-30(20-36-17-16-29(39)19-36)31(26-6-4-3-5-7-26)32(43-34)27-12-10-25(21-37)11-13-27/h3-15,22,29-32,34,37,39H,16-21H2,1-2H3,(H,35,40). The third-order valence-electron chi connectivity index (χ3n) is 8.09. The predicted octanol–water partition coefficient (Wildman–Crippen LogP) is 3.75. The van der Waals surface area contributed by atoms with Crippen LogP contribution in [0.1, 0.15) is 66.4 Å². The molecule has 1 amide bonds. The fourth-order valence-corrected chi connectivity index (χ4v) is 5.83. The van der Waals surface area contributed by atoms with Crippen molar-refractivity contribution in [2.24, 2.45) is 0 Å². The highest BCUT2D eigenvalue weighted by atomic mass is 16.7. The molecule has 3 aromatic rings. The first-order chi connectivity index (χ1) is 20.8. The SMILES string of the molecule is CC(=O)OC(C)C(=O)NCc1ccc(C2OC(CN3CCC(O)C3)C(c3ccccc3)C(c3ccc(CO)cc3)O2)cc1. The van der Waals surface area contributed by atoms with E-state index in [0.717, 1.165) is 40.8 Å². The molecule has 2 aliphatic heterocycles. The second kappa shape index (κ2) is 14.2. The molecule has 43 heavy (non-hydrogen) atoms. The minimum absolute atomic E-state index is 0.0327. The number of aliphatic hydroxyl groups is 2. The van der Waals surface area contributed by atoms with Crippen molar-refractivity contribution >= 4 is 11.9 Å². The van der Waals surface area contributed by atoms with Crippen LogP contribution in [0.2, 0.25) is 0 Å². The molecular weight excluding hydrogens is 548 g/mol. The molecule has 2 fully saturated rings. The molecule has 0 bridgehead atoms. The van der Waals surface area contributed by atoms with Gasteiger partial charge in [-0.1, -0.05) is 78.9 Å². The molecule has 228 valence electrons. The zero-order chi connectivity index (χ0) is 30.3.